The standard InChI is InChI=1S/C29H36N4O2/c1-28(2,3)25-14-10-13-23(30-25)21-15-16-22(17-21)24-18-26(33(32-24)29(4,5)6)31-27(34)35-19-20-11-8-7-9-12-20/h7-14,17-18,22H,15-16,19H2,1-6H3,(H,31,34). The summed E-state index contributed by atoms with van der Waals surface area (Å²) in [5, 5.41) is 7.81. The van der Waals surface area contributed by atoms with Crippen LogP contribution in [0.5, 0.6) is 0 Å². The van der Waals surface area contributed by atoms with Crippen LogP contribution in [0.4, 0.5) is 10.6 Å². The number of hydrogen-bond acceptors (Lipinski definition) is 4. The fourth-order valence-electron chi connectivity index (χ4n) is 4.24. The first-order chi connectivity index (χ1) is 16.5. The third-order valence-electron chi connectivity index (χ3n) is 6.16. The SMILES string of the molecule is CC(C)(C)c1cccc(C2=CC(c3cc(NC(=O)OCc4ccccc4)n(C(C)(C)C)n3)CC2)n1. The lowest BCUT2D eigenvalue weighted by Gasteiger charge is -2.22. The van der Waals surface area contributed by atoms with Gasteiger partial charge in [-0.25, -0.2) is 9.48 Å². The molecule has 6 heteroatoms. The van der Waals surface area contributed by atoms with Crippen LogP contribution in [0.15, 0.2) is 60.7 Å². The molecule has 1 aliphatic rings. The molecule has 1 amide bonds. The number of allylic oxidation sites excluding steroid dienone is 2. The van der Waals surface area contributed by atoms with Crippen molar-refractivity contribution in [3.63, 3.8) is 0 Å². The van der Waals surface area contributed by atoms with E-state index >= 15 is 0 Å². The molecular weight excluding hydrogens is 436 g/mol. The van der Waals surface area contributed by atoms with Crippen molar-refractivity contribution in [1.29, 1.82) is 0 Å². The quantitative estimate of drug-likeness (QED) is 0.432. The van der Waals surface area contributed by atoms with E-state index in [0.717, 1.165) is 35.5 Å². The predicted molar refractivity (Wildman–Crippen MR) is 140 cm³/mol. The van der Waals surface area contributed by atoms with Gasteiger partial charge in [-0.2, -0.15) is 5.10 Å². The van der Waals surface area contributed by atoms with Gasteiger partial charge in [0, 0.05) is 23.1 Å². The van der Waals surface area contributed by atoms with Crippen molar-refractivity contribution < 1.29 is 9.53 Å². The minimum absolute atomic E-state index is 0.00967. The first-order valence-electron chi connectivity index (χ1n) is 12.3. The summed E-state index contributed by atoms with van der Waals surface area (Å²) >= 11 is 0. The van der Waals surface area contributed by atoms with Crippen LogP contribution in [0.1, 0.15) is 82.9 Å². The molecule has 3 aromatic rings. The van der Waals surface area contributed by atoms with Gasteiger partial charge in [-0.3, -0.25) is 10.3 Å². The minimum atomic E-state index is -0.489. The molecule has 4 rings (SSSR count). The Morgan fingerprint density at radius 2 is 1.80 bits per heavy atom. The predicted octanol–water partition coefficient (Wildman–Crippen LogP) is 7.04. The van der Waals surface area contributed by atoms with Crippen molar-refractivity contribution in [3.05, 3.63) is 83.3 Å². The van der Waals surface area contributed by atoms with Crippen molar-refractivity contribution in [2.75, 3.05) is 5.32 Å². The summed E-state index contributed by atoms with van der Waals surface area (Å²) in [7, 11) is 0. The van der Waals surface area contributed by atoms with Gasteiger partial charge in [0.25, 0.3) is 0 Å². The number of carbonyl (C=O) groups is 1. The Labute approximate surface area is 208 Å². The molecule has 1 N–H and O–H groups in total. The second-order valence-electron chi connectivity index (χ2n) is 11.2. The van der Waals surface area contributed by atoms with Crippen LogP contribution in [0.3, 0.4) is 0 Å². The lowest BCUT2D eigenvalue weighted by molar-refractivity contribution is 0.154. The van der Waals surface area contributed by atoms with Crippen LogP contribution in [-0.2, 0) is 22.3 Å². The van der Waals surface area contributed by atoms with E-state index in [9.17, 15) is 4.79 Å². The molecule has 2 aromatic heterocycles. The highest BCUT2D eigenvalue weighted by Gasteiger charge is 2.27. The first-order valence-corrected chi connectivity index (χ1v) is 12.3. The van der Waals surface area contributed by atoms with Crippen molar-refractivity contribution in [2.24, 2.45) is 0 Å². The highest BCUT2D eigenvalue weighted by molar-refractivity contribution is 5.83. The number of nitrogens with zero attached hydrogens (tertiary/aromatic N) is 3. The molecule has 35 heavy (non-hydrogen) atoms. The Hall–Kier alpha value is -3.41. The maximum absolute atomic E-state index is 12.6. The van der Waals surface area contributed by atoms with E-state index in [4.69, 9.17) is 14.8 Å². The number of ether oxygens (including phenoxy) is 1. The summed E-state index contributed by atoms with van der Waals surface area (Å²) in [5.74, 6) is 0.815. The minimum Gasteiger partial charge on any atom is -0.444 e. The third-order valence-corrected chi connectivity index (χ3v) is 6.16. The smallest absolute Gasteiger partial charge is 0.413 e. The van der Waals surface area contributed by atoms with Crippen LogP contribution in [-0.4, -0.2) is 20.9 Å². The summed E-state index contributed by atoms with van der Waals surface area (Å²) in [5.41, 5.74) is 4.99. The zero-order valence-electron chi connectivity index (χ0n) is 21.6. The lowest BCUT2D eigenvalue weighted by atomic mass is 9.91. The zero-order valence-corrected chi connectivity index (χ0v) is 21.6. The maximum Gasteiger partial charge on any atom is 0.413 e. The molecule has 0 bridgehead atoms. The molecule has 0 saturated heterocycles. The third kappa shape index (κ3) is 5.99. The Kier molecular flexibility index (Phi) is 6.84. The second-order valence-corrected chi connectivity index (χ2v) is 11.2. The molecule has 1 aliphatic carbocycles. The van der Waals surface area contributed by atoms with Gasteiger partial charge in [0.1, 0.15) is 12.4 Å². The first kappa shape index (κ1) is 24.7. The monoisotopic (exact) mass is 472 g/mol. The zero-order chi connectivity index (χ0) is 25.2. The van der Waals surface area contributed by atoms with Gasteiger partial charge in [0.05, 0.1) is 16.9 Å². The second kappa shape index (κ2) is 9.68. The Morgan fingerprint density at radius 3 is 2.49 bits per heavy atom. The Balaban J connectivity index is 1.53. The number of rotatable bonds is 5. The van der Waals surface area contributed by atoms with Crippen LogP contribution in [0.25, 0.3) is 5.57 Å². The van der Waals surface area contributed by atoms with Crippen LogP contribution >= 0.6 is 0 Å². The summed E-state index contributed by atoms with van der Waals surface area (Å²) in [6.45, 7) is 13.0. The van der Waals surface area contributed by atoms with Gasteiger partial charge in [0.15, 0.2) is 0 Å². The number of hydrogen-bond donors (Lipinski definition) is 1. The molecule has 1 atom stereocenters. The van der Waals surface area contributed by atoms with Gasteiger partial charge in [-0.1, -0.05) is 63.2 Å². The average molecular weight is 473 g/mol. The highest BCUT2D eigenvalue weighted by atomic mass is 16.5. The van der Waals surface area contributed by atoms with E-state index in [1.165, 1.54) is 5.57 Å². The Morgan fingerprint density at radius 1 is 1.06 bits per heavy atom. The number of carbonyl (C=O) groups excluding carboxylic acids is 1. The van der Waals surface area contributed by atoms with Crippen LogP contribution in [0, 0.1) is 0 Å². The molecule has 0 fully saturated rings. The highest BCUT2D eigenvalue weighted by Crippen LogP contribution is 2.38. The largest absolute Gasteiger partial charge is 0.444 e. The topological polar surface area (TPSA) is 69.0 Å². The molecule has 2 heterocycles. The van der Waals surface area contributed by atoms with E-state index in [-0.39, 0.29) is 23.5 Å². The van der Waals surface area contributed by atoms with Crippen LogP contribution < -0.4 is 5.32 Å². The molecule has 0 spiro atoms. The van der Waals surface area contributed by atoms with Gasteiger partial charge < -0.3 is 4.74 Å². The number of anilines is 1. The molecule has 0 aliphatic heterocycles. The van der Waals surface area contributed by atoms with Gasteiger partial charge in [0.2, 0.25) is 0 Å². The molecule has 0 saturated carbocycles. The number of nitrogens with one attached hydrogen (secondary N) is 1. The number of amides is 1. The molecule has 1 unspecified atom stereocenters. The normalized spacial score (nSPS) is 16.2. The summed E-state index contributed by atoms with van der Waals surface area (Å²) in [6.07, 6.45) is 3.71. The number of pyridine rings is 1. The van der Waals surface area contributed by atoms with Crippen molar-refractivity contribution in [1.82, 2.24) is 14.8 Å². The van der Waals surface area contributed by atoms with E-state index < -0.39 is 6.09 Å². The Bertz CT molecular complexity index is 1210. The van der Waals surface area contributed by atoms with E-state index in [1.807, 2.05) is 41.1 Å². The van der Waals surface area contributed by atoms with E-state index in [1.54, 1.807) is 0 Å². The summed E-state index contributed by atoms with van der Waals surface area (Å²) in [6, 6.07) is 17.9. The van der Waals surface area contributed by atoms with Crippen LogP contribution in [0.2, 0.25) is 0 Å². The van der Waals surface area contributed by atoms with Crippen molar-refractivity contribution >= 4 is 17.5 Å². The average Bonchev–Trinajstić information content (AvgIpc) is 3.45. The van der Waals surface area contributed by atoms with Crippen molar-refractivity contribution in [3.8, 4) is 0 Å². The lowest BCUT2D eigenvalue weighted by Crippen LogP contribution is -2.27. The summed E-state index contributed by atoms with van der Waals surface area (Å²) < 4.78 is 7.31. The van der Waals surface area contributed by atoms with Gasteiger partial charge in [-0.15, -0.1) is 0 Å². The fraction of sp³-hybridized carbons (Fsp3) is 0.414. The van der Waals surface area contributed by atoms with Gasteiger partial charge >= 0.3 is 6.09 Å². The fourth-order valence-corrected chi connectivity index (χ4v) is 4.24. The molecule has 1 aromatic carbocycles. The van der Waals surface area contributed by atoms with E-state index in [2.05, 4.69) is 71.1 Å². The maximum atomic E-state index is 12.6. The van der Waals surface area contributed by atoms with E-state index in [0.29, 0.717) is 5.82 Å². The molecule has 0 radical (unpaired) electrons. The van der Waals surface area contributed by atoms with Crippen molar-refractivity contribution in [2.45, 2.75) is 77.9 Å². The summed E-state index contributed by atoms with van der Waals surface area (Å²) in [4.78, 5) is 17.5. The molecule has 184 valence electrons. The number of aromatic nitrogens is 3. The number of benzene rings is 1. The van der Waals surface area contributed by atoms with Gasteiger partial charge in [-0.05, 0) is 56.9 Å². The molecular formula is C29H36N4O2. The molecule has 6 nitrogen and oxygen atoms in total.